The van der Waals surface area contributed by atoms with Crippen LogP contribution in [-0.2, 0) is 6.54 Å². The first-order valence-electron chi connectivity index (χ1n) is 5.24. The van der Waals surface area contributed by atoms with Crippen molar-refractivity contribution in [3.8, 4) is 0 Å². The van der Waals surface area contributed by atoms with Crippen molar-refractivity contribution in [1.82, 2.24) is 4.90 Å². The molecular weight excluding hydrogens is 228 g/mol. The van der Waals surface area contributed by atoms with Crippen LogP contribution < -0.4 is 5.73 Å². The van der Waals surface area contributed by atoms with Gasteiger partial charge in [-0.2, -0.15) is 11.3 Å². The first-order chi connectivity index (χ1) is 6.75. The molecule has 1 aliphatic heterocycles. The van der Waals surface area contributed by atoms with Crippen molar-refractivity contribution < 1.29 is 0 Å². The van der Waals surface area contributed by atoms with Gasteiger partial charge in [-0.1, -0.05) is 6.92 Å². The standard InChI is InChI=1S/C11H18N2S.ClH/c1-9-6-13(4-2-11(9)12)7-10-3-5-14-8-10;/h3,5,8-9,11H,2,4,6-7,12H2,1H3;1H. The van der Waals surface area contributed by atoms with E-state index in [1.807, 2.05) is 0 Å². The Labute approximate surface area is 102 Å². The molecule has 0 aromatic carbocycles. The average molecular weight is 247 g/mol. The van der Waals surface area contributed by atoms with Crippen LogP contribution in [0, 0.1) is 5.92 Å². The summed E-state index contributed by atoms with van der Waals surface area (Å²) in [4.78, 5) is 2.51. The molecule has 0 amide bonds. The van der Waals surface area contributed by atoms with Crippen molar-refractivity contribution in [2.24, 2.45) is 11.7 Å². The van der Waals surface area contributed by atoms with E-state index in [2.05, 4.69) is 28.7 Å². The van der Waals surface area contributed by atoms with Crippen LogP contribution in [0.3, 0.4) is 0 Å². The molecule has 1 aromatic rings. The minimum absolute atomic E-state index is 0. The summed E-state index contributed by atoms with van der Waals surface area (Å²) in [7, 11) is 0. The molecule has 1 saturated heterocycles. The molecule has 0 saturated carbocycles. The lowest BCUT2D eigenvalue weighted by molar-refractivity contribution is 0.158. The maximum absolute atomic E-state index is 5.99. The fraction of sp³-hybridized carbons (Fsp3) is 0.636. The second kappa shape index (κ2) is 5.85. The van der Waals surface area contributed by atoms with Gasteiger partial charge in [0, 0.05) is 19.1 Å². The molecule has 2 unspecified atom stereocenters. The number of nitrogens with two attached hydrogens (primary N) is 1. The Bertz CT molecular complexity index is 276. The van der Waals surface area contributed by atoms with Crippen molar-refractivity contribution in [2.45, 2.75) is 25.9 Å². The quantitative estimate of drug-likeness (QED) is 0.868. The van der Waals surface area contributed by atoms with E-state index in [4.69, 9.17) is 5.73 Å². The van der Waals surface area contributed by atoms with Gasteiger partial charge >= 0.3 is 0 Å². The van der Waals surface area contributed by atoms with Crippen LogP contribution in [0.25, 0.3) is 0 Å². The lowest BCUT2D eigenvalue weighted by Gasteiger charge is -2.34. The van der Waals surface area contributed by atoms with Crippen LogP contribution in [0.4, 0.5) is 0 Å². The molecule has 2 rings (SSSR count). The van der Waals surface area contributed by atoms with E-state index in [1.54, 1.807) is 11.3 Å². The van der Waals surface area contributed by atoms with Crippen LogP contribution in [0.1, 0.15) is 18.9 Å². The maximum atomic E-state index is 5.99. The first kappa shape index (κ1) is 13.0. The Morgan fingerprint density at radius 1 is 1.60 bits per heavy atom. The predicted molar refractivity (Wildman–Crippen MR) is 68.6 cm³/mol. The van der Waals surface area contributed by atoms with Crippen LogP contribution >= 0.6 is 23.7 Å². The molecule has 2 atom stereocenters. The summed E-state index contributed by atoms with van der Waals surface area (Å²) in [5.41, 5.74) is 7.43. The van der Waals surface area contributed by atoms with Gasteiger partial charge in [0.2, 0.25) is 0 Å². The number of likely N-dealkylation sites (tertiary alicyclic amines) is 1. The summed E-state index contributed by atoms with van der Waals surface area (Å²) in [5, 5.41) is 4.38. The molecule has 0 bridgehead atoms. The zero-order valence-electron chi connectivity index (χ0n) is 9.06. The van der Waals surface area contributed by atoms with Crippen molar-refractivity contribution in [3.05, 3.63) is 22.4 Å². The zero-order chi connectivity index (χ0) is 9.97. The normalized spacial score (nSPS) is 27.3. The third-order valence-electron chi connectivity index (χ3n) is 3.04. The lowest BCUT2D eigenvalue weighted by Crippen LogP contribution is -2.45. The molecule has 1 fully saturated rings. The van der Waals surface area contributed by atoms with Crippen molar-refractivity contribution in [1.29, 1.82) is 0 Å². The van der Waals surface area contributed by atoms with Gasteiger partial charge in [-0.15, -0.1) is 12.4 Å². The summed E-state index contributed by atoms with van der Waals surface area (Å²) in [6, 6.07) is 2.62. The molecule has 2 heterocycles. The van der Waals surface area contributed by atoms with E-state index in [9.17, 15) is 0 Å². The summed E-state index contributed by atoms with van der Waals surface area (Å²) in [5.74, 6) is 0.641. The van der Waals surface area contributed by atoms with E-state index in [0.29, 0.717) is 12.0 Å². The van der Waals surface area contributed by atoms with Gasteiger partial charge in [0.05, 0.1) is 0 Å². The number of piperidine rings is 1. The maximum Gasteiger partial charge on any atom is 0.0242 e. The highest BCUT2D eigenvalue weighted by Gasteiger charge is 2.22. The Hall–Kier alpha value is -0.0900. The molecule has 86 valence electrons. The van der Waals surface area contributed by atoms with Crippen molar-refractivity contribution >= 4 is 23.7 Å². The minimum Gasteiger partial charge on any atom is -0.327 e. The van der Waals surface area contributed by atoms with Crippen LogP contribution in [0.15, 0.2) is 16.8 Å². The molecule has 0 spiro atoms. The summed E-state index contributed by atoms with van der Waals surface area (Å²) in [6.45, 7) is 5.66. The van der Waals surface area contributed by atoms with Gasteiger partial charge in [0.25, 0.3) is 0 Å². The number of halogens is 1. The van der Waals surface area contributed by atoms with Crippen LogP contribution in [0.5, 0.6) is 0 Å². The van der Waals surface area contributed by atoms with E-state index in [-0.39, 0.29) is 12.4 Å². The molecule has 4 heteroatoms. The van der Waals surface area contributed by atoms with Gasteiger partial charge in [-0.05, 0) is 41.3 Å². The van der Waals surface area contributed by atoms with Gasteiger partial charge in [-0.3, -0.25) is 4.90 Å². The van der Waals surface area contributed by atoms with Gasteiger partial charge in [0.15, 0.2) is 0 Å². The smallest absolute Gasteiger partial charge is 0.0242 e. The second-order valence-corrected chi connectivity index (χ2v) is 5.08. The third kappa shape index (κ3) is 3.45. The molecular formula is C11H19ClN2S. The van der Waals surface area contributed by atoms with Gasteiger partial charge in [0.1, 0.15) is 0 Å². The lowest BCUT2D eigenvalue weighted by atomic mass is 9.95. The highest BCUT2D eigenvalue weighted by Crippen LogP contribution is 2.18. The largest absolute Gasteiger partial charge is 0.327 e. The fourth-order valence-electron chi connectivity index (χ4n) is 2.03. The molecule has 1 aromatic heterocycles. The Kier molecular flexibility index (Phi) is 5.06. The topological polar surface area (TPSA) is 29.3 Å². The predicted octanol–water partition coefficient (Wildman–Crippen LogP) is 2.34. The molecule has 15 heavy (non-hydrogen) atoms. The Morgan fingerprint density at radius 3 is 3.00 bits per heavy atom. The van der Waals surface area contributed by atoms with Crippen molar-refractivity contribution in [3.63, 3.8) is 0 Å². The first-order valence-corrected chi connectivity index (χ1v) is 6.19. The Balaban J connectivity index is 0.00000112. The number of rotatable bonds is 2. The number of hydrogen-bond acceptors (Lipinski definition) is 3. The Morgan fingerprint density at radius 2 is 2.40 bits per heavy atom. The van der Waals surface area contributed by atoms with Gasteiger partial charge in [-0.25, -0.2) is 0 Å². The number of nitrogens with zero attached hydrogens (tertiary/aromatic N) is 1. The molecule has 2 nitrogen and oxygen atoms in total. The average Bonchev–Trinajstić information content (AvgIpc) is 2.64. The van der Waals surface area contributed by atoms with Crippen LogP contribution in [-0.4, -0.2) is 24.0 Å². The number of hydrogen-bond donors (Lipinski definition) is 1. The SMILES string of the molecule is CC1CN(Cc2ccsc2)CCC1N.Cl. The van der Waals surface area contributed by atoms with E-state index in [0.717, 1.165) is 26.1 Å². The van der Waals surface area contributed by atoms with Gasteiger partial charge < -0.3 is 5.73 Å². The minimum atomic E-state index is 0. The fourth-order valence-corrected chi connectivity index (χ4v) is 2.69. The van der Waals surface area contributed by atoms with E-state index >= 15 is 0 Å². The van der Waals surface area contributed by atoms with E-state index < -0.39 is 0 Å². The monoisotopic (exact) mass is 246 g/mol. The number of thiophene rings is 1. The highest BCUT2D eigenvalue weighted by atomic mass is 35.5. The van der Waals surface area contributed by atoms with Crippen LogP contribution in [0.2, 0.25) is 0 Å². The highest BCUT2D eigenvalue weighted by molar-refractivity contribution is 7.07. The molecule has 0 radical (unpaired) electrons. The summed E-state index contributed by atoms with van der Waals surface area (Å²) >= 11 is 1.78. The van der Waals surface area contributed by atoms with E-state index in [1.165, 1.54) is 5.56 Å². The third-order valence-corrected chi connectivity index (χ3v) is 3.77. The van der Waals surface area contributed by atoms with Crippen molar-refractivity contribution in [2.75, 3.05) is 13.1 Å². The molecule has 0 aliphatic carbocycles. The second-order valence-electron chi connectivity index (χ2n) is 4.30. The zero-order valence-corrected chi connectivity index (χ0v) is 10.7. The molecule has 2 N–H and O–H groups in total. The molecule has 1 aliphatic rings. The summed E-state index contributed by atoms with van der Waals surface area (Å²) < 4.78 is 0. The summed E-state index contributed by atoms with van der Waals surface area (Å²) in [6.07, 6.45) is 1.14.